The van der Waals surface area contributed by atoms with Crippen molar-refractivity contribution in [2.24, 2.45) is 0 Å². The maximum atomic E-state index is 11.9. The van der Waals surface area contributed by atoms with Gasteiger partial charge in [-0.15, -0.1) is 0 Å². The molecule has 2 aromatic rings. The lowest BCUT2D eigenvalue weighted by Gasteiger charge is -2.08. The number of aryl methyl sites for hydroxylation is 1. The minimum absolute atomic E-state index is 0.336. The Morgan fingerprint density at radius 1 is 1.09 bits per heavy atom. The van der Waals surface area contributed by atoms with Crippen LogP contribution in [0.4, 0.5) is 5.69 Å². The lowest BCUT2D eigenvalue weighted by atomic mass is 10.2. The van der Waals surface area contributed by atoms with Crippen molar-refractivity contribution in [1.82, 2.24) is 0 Å². The molecule has 0 aliphatic rings. The number of nitrogens with one attached hydrogen (secondary N) is 1. The van der Waals surface area contributed by atoms with Gasteiger partial charge in [-0.1, -0.05) is 18.2 Å². The zero-order chi connectivity index (χ0) is 15.9. The van der Waals surface area contributed by atoms with Crippen LogP contribution in [0.2, 0.25) is 0 Å². The SMILES string of the molecule is COc1cccc(C(=O)OCC(=O)Nc2cccc(C)c2)c1. The number of anilines is 1. The summed E-state index contributed by atoms with van der Waals surface area (Å²) < 4.78 is 10.0. The molecule has 1 amide bonds. The summed E-state index contributed by atoms with van der Waals surface area (Å²) in [5.74, 6) is -0.404. The van der Waals surface area contributed by atoms with E-state index in [0.29, 0.717) is 17.0 Å². The van der Waals surface area contributed by atoms with Crippen molar-refractivity contribution in [2.45, 2.75) is 6.92 Å². The third-order valence-corrected chi connectivity index (χ3v) is 2.94. The van der Waals surface area contributed by atoms with Gasteiger partial charge in [0.25, 0.3) is 5.91 Å². The molecular formula is C17H17NO4. The van der Waals surface area contributed by atoms with Gasteiger partial charge < -0.3 is 14.8 Å². The summed E-state index contributed by atoms with van der Waals surface area (Å²) in [7, 11) is 1.51. The Labute approximate surface area is 128 Å². The number of benzene rings is 2. The van der Waals surface area contributed by atoms with Crippen LogP contribution in [0.15, 0.2) is 48.5 Å². The first-order chi connectivity index (χ1) is 10.6. The predicted molar refractivity (Wildman–Crippen MR) is 83.1 cm³/mol. The summed E-state index contributed by atoms with van der Waals surface area (Å²) in [6.45, 7) is 1.59. The first kappa shape index (κ1) is 15.6. The predicted octanol–water partition coefficient (Wildman–Crippen LogP) is 2.80. The second kappa shape index (κ2) is 7.26. The molecule has 0 saturated carbocycles. The van der Waals surface area contributed by atoms with Crippen molar-refractivity contribution in [2.75, 3.05) is 19.0 Å². The molecule has 0 fully saturated rings. The molecule has 2 rings (SSSR count). The average Bonchev–Trinajstić information content (AvgIpc) is 2.52. The Kier molecular flexibility index (Phi) is 5.14. The van der Waals surface area contributed by atoms with Gasteiger partial charge in [0.15, 0.2) is 6.61 Å². The van der Waals surface area contributed by atoms with Gasteiger partial charge in [-0.2, -0.15) is 0 Å². The minimum atomic E-state index is -0.571. The first-order valence-electron chi connectivity index (χ1n) is 6.76. The van der Waals surface area contributed by atoms with Crippen molar-refractivity contribution in [3.63, 3.8) is 0 Å². The summed E-state index contributed by atoms with van der Waals surface area (Å²) in [4.78, 5) is 23.6. The van der Waals surface area contributed by atoms with E-state index in [9.17, 15) is 9.59 Å². The van der Waals surface area contributed by atoms with Crippen LogP contribution in [0.5, 0.6) is 5.75 Å². The van der Waals surface area contributed by atoms with Gasteiger partial charge in [0, 0.05) is 5.69 Å². The Morgan fingerprint density at radius 3 is 2.59 bits per heavy atom. The van der Waals surface area contributed by atoms with E-state index < -0.39 is 5.97 Å². The zero-order valence-corrected chi connectivity index (χ0v) is 12.5. The zero-order valence-electron chi connectivity index (χ0n) is 12.5. The fourth-order valence-corrected chi connectivity index (χ4v) is 1.88. The normalized spacial score (nSPS) is 9.91. The number of hydrogen-bond acceptors (Lipinski definition) is 4. The lowest BCUT2D eigenvalue weighted by Crippen LogP contribution is -2.20. The molecule has 22 heavy (non-hydrogen) atoms. The number of methoxy groups -OCH3 is 1. The number of hydrogen-bond donors (Lipinski definition) is 1. The number of esters is 1. The van der Waals surface area contributed by atoms with Gasteiger partial charge in [-0.05, 0) is 42.8 Å². The van der Waals surface area contributed by atoms with E-state index in [2.05, 4.69) is 5.32 Å². The van der Waals surface area contributed by atoms with Crippen LogP contribution in [0.1, 0.15) is 15.9 Å². The van der Waals surface area contributed by atoms with E-state index in [1.807, 2.05) is 25.1 Å². The van der Waals surface area contributed by atoms with Crippen LogP contribution in [-0.4, -0.2) is 25.6 Å². The van der Waals surface area contributed by atoms with E-state index in [1.54, 1.807) is 30.3 Å². The molecule has 5 nitrogen and oxygen atoms in total. The fourth-order valence-electron chi connectivity index (χ4n) is 1.88. The van der Waals surface area contributed by atoms with Crippen molar-refractivity contribution >= 4 is 17.6 Å². The molecule has 0 unspecified atom stereocenters. The number of rotatable bonds is 5. The van der Waals surface area contributed by atoms with Gasteiger partial charge >= 0.3 is 5.97 Å². The highest BCUT2D eigenvalue weighted by molar-refractivity contribution is 5.95. The van der Waals surface area contributed by atoms with Gasteiger partial charge in [-0.25, -0.2) is 4.79 Å². The molecule has 0 heterocycles. The maximum absolute atomic E-state index is 11.9. The number of carbonyl (C=O) groups is 2. The smallest absolute Gasteiger partial charge is 0.338 e. The molecular weight excluding hydrogens is 282 g/mol. The molecule has 0 aliphatic carbocycles. The molecule has 114 valence electrons. The van der Waals surface area contributed by atoms with Crippen LogP contribution in [0.25, 0.3) is 0 Å². The van der Waals surface area contributed by atoms with E-state index in [1.165, 1.54) is 7.11 Å². The van der Waals surface area contributed by atoms with Crippen LogP contribution < -0.4 is 10.1 Å². The summed E-state index contributed by atoms with van der Waals surface area (Å²) in [5, 5.41) is 2.67. The number of carbonyl (C=O) groups excluding carboxylic acids is 2. The van der Waals surface area contributed by atoms with Crippen LogP contribution >= 0.6 is 0 Å². The number of ether oxygens (including phenoxy) is 2. The molecule has 0 radical (unpaired) electrons. The monoisotopic (exact) mass is 299 g/mol. The van der Waals surface area contributed by atoms with E-state index in [-0.39, 0.29) is 12.5 Å². The Morgan fingerprint density at radius 2 is 1.86 bits per heavy atom. The van der Waals surface area contributed by atoms with Crippen LogP contribution in [-0.2, 0) is 9.53 Å². The maximum Gasteiger partial charge on any atom is 0.338 e. The summed E-state index contributed by atoms with van der Waals surface area (Å²) in [5.41, 5.74) is 2.04. The average molecular weight is 299 g/mol. The van der Waals surface area contributed by atoms with Gasteiger partial charge in [0.1, 0.15) is 5.75 Å². The lowest BCUT2D eigenvalue weighted by molar-refractivity contribution is -0.119. The summed E-state index contributed by atoms with van der Waals surface area (Å²) in [6.07, 6.45) is 0. The summed E-state index contributed by atoms with van der Waals surface area (Å²) in [6, 6.07) is 13.9. The second-order valence-electron chi connectivity index (χ2n) is 4.73. The molecule has 0 spiro atoms. The molecule has 2 aromatic carbocycles. The highest BCUT2D eigenvalue weighted by Gasteiger charge is 2.11. The Balaban J connectivity index is 1.89. The molecule has 1 N–H and O–H groups in total. The van der Waals surface area contributed by atoms with Crippen molar-refractivity contribution in [1.29, 1.82) is 0 Å². The number of amides is 1. The molecule has 0 bridgehead atoms. The minimum Gasteiger partial charge on any atom is -0.497 e. The standard InChI is InChI=1S/C17H17NO4/c1-12-5-3-7-14(9-12)18-16(19)11-22-17(20)13-6-4-8-15(10-13)21-2/h3-10H,11H2,1-2H3,(H,18,19). The van der Waals surface area contributed by atoms with Gasteiger partial charge in [-0.3, -0.25) is 4.79 Å². The van der Waals surface area contributed by atoms with E-state index in [0.717, 1.165) is 5.56 Å². The van der Waals surface area contributed by atoms with E-state index in [4.69, 9.17) is 9.47 Å². The molecule has 5 heteroatoms. The second-order valence-corrected chi connectivity index (χ2v) is 4.73. The quantitative estimate of drug-likeness (QED) is 0.862. The fraction of sp³-hybridized carbons (Fsp3) is 0.176. The topological polar surface area (TPSA) is 64.6 Å². The molecule has 0 saturated heterocycles. The highest BCUT2D eigenvalue weighted by atomic mass is 16.5. The van der Waals surface area contributed by atoms with Crippen LogP contribution in [0.3, 0.4) is 0 Å². The Bertz CT molecular complexity index is 682. The van der Waals surface area contributed by atoms with Crippen molar-refractivity contribution < 1.29 is 19.1 Å². The molecule has 0 aromatic heterocycles. The molecule has 0 atom stereocenters. The van der Waals surface area contributed by atoms with Crippen molar-refractivity contribution in [3.05, 3.63) is 59.7 Å². The molecule has 0 aliphatic heterocycles. The van der Waals surface area contributed by atoms with Crippen LogP contribution in [0, 0.1) is 6.92 Å². The third kappa shape index (κ3) is 4.34. The third-order valence-electron chi connectivity index (χ3n) is 2.94. The van der Waals surface area contributed by atoms with Gasteiger partial charge in [0.2, 0.25) is 0 Å². The highest BCUT2D eigenvalue weighted by Crippen LogP contribution is 2.13. The summed E-state index contributed by atoms with van der Waals surface area (Å²) >= 11 is 0. The first-order valence-corrected chi connectivity index (χ1v) is 6.76. The largest absolute Gasteiger partial charge is 0.497 e. The Hall–Kier alpha value is -2.82. The van der Waals surface area contributed by atoms with Gasteiger partial charge in [0.05, 0.1) is 12.7 Å². The van der Waals surface area contributed by atoms with Crippen molar-refractivity contribution in [3.8, 4) is 5.75 Å². The van der Waals surface area contributed by atoms with E-state index >= 15 is 0 Å².